The summed E-state index contributed by atoms with van der Waals surface area (Å²) in [7, 11) is 0. The number of ether oxygens (including phenoxy) is 1. The molecule has 3 rings (SSSR count). The third kappa shape index (κ3) is 3.51. The van der Waals surface area contributed by atoms with Crippen molar-refractivity contribution in [3.05, 3.63) is 47.2 Å². The third-order valence-electron chi connectivity index (χ3n) is 3.63. The van der Waals surface area contributed by atoms with Crippen LogP contribution in [0.4, 0.5) is 0 Å². The highest BCUT2D eigenvalue weighted by molar-refractivity contribution is 5.73. The average molecular weight is 327 g/mol. The van der Waals surface area contributed by atoms with Crippen molar-refractivity contribution < 1.29 is 18.6 Å². The largest absolute Gasteiger partial charge is 0.427 e. The standard InChI is InChI=1S/C17H17N3O4/c1-10-15(11(2)23-19-10)8-9-16(21)22-14-6-4-13(5-7-14)17-18-12(3)24-20-17/h4-7H,8-9H2,1-3H3. The maximum atomic E-state index is 12.0. The summed E-state index contributed by atoms with van der Waals surface area (Å²) in [5, 5.41) is 7.71. The SMILES string of the molecule is Cc1nc(-c2ccc(OC(=O)CCc3c(C)noc3C)cc2)no1. The fraction of sp³-hybridized carbons (Fsp3) is 0.294. The van der Waals surface area contributed by atoms with Crippen LogP contribution in [-0.2, 0) is 11.2 Å². The van der Waals surface area contributed by atoms with Crippen molar-refractivity contribution in [2.75, 3.05) is 0 Å². The van der Waals surface area contributed by atoms with Crippen LogP contribution in [-0.4, -0.2) is 21.3 Å². The van der Waals surface area contributed by atoms with E-state index >= 15 is 0 Å². The van der Waals surface area contributed by atoms with Crippen LogP contribution in [0.5, 0.6) is 5.75 Å². The third-order valence-corrected chi connectivity index (χ3v) is 3.63. The fourth-order valence-corrected chi connectivity index (χ4v) is 2.36. The molecule has 0 spiro atoms. The van der Waals surface area contributed by atoms with Gasteiger partial charge < -0.3 is 13.8 Å². The molecule has 0 saturated carbocycles. The van der Waals surface area contributed by atoms with Gasteiger partial charge in [-0.1, -0.05) is 10.3 Å². The zero-order chi connectivity index (χ0) is 17.1. The Balaban J connectivity index is 1.58. The lowest BCUT2D eigenvalue weighted by molar-refractivity contribution is -0.134. The molecule has 0 amide bonds. The van der Waals surface area contributed by atoms with E-state index in [9.17, 15) is 4.79 Å². The number of nitrogens with zero attached hydrogens (tertiary/aromatic N) is 3. The van der Waals surface area contributed by atoms with Gasteiger partial charge in [-0.05, 0) is 44.5 Å². The summed E-state index contributed by atoms with van der Waals surface area (Å²) in [4.78, 5) is 16.1. The topological polar surface area (TPSA) is 91.2 Å². The van der Waals surface area contributed by atoms with E-state index in [-0.39, 0.29) is 12.4 Å². The zero-order valence-electron chi connectivity index (χ0n) is 13.7. The van der Waals surface area contributed by atoms with Crippen LogP contribution in [0, 0.1) is 20.8 Å². The minimum Gasteiger partial charge on any atom is -0.427 e. The number of hydrogen-bond donors (Lipinski definition) is 0. The van der Waals surface area contributed by atoms with Gasteiger partial charge in [0, 0.05) is 18.1 Å². The number of aryl methyl sites for hydroxylation is 3. The highest BCUT2D eigenvalue weighted by Crippen LogP contribution is 2.21. The molecule has 0 atom stereocenters. The molecule has 24 heavy (non-hydrogen) atoms. The molecule has 0 aliphatic carbocycles. The molecule has 0 radical (unpaired) electrons. The molecule has 2 aromatic heterocycles. The summed E-state index contributed by atoms with van der Waals surface area (Å²) in [5.41, 5.74) is 2.55. The normalized spacial score (nSPS) is 10.8. The van der Waals surface area contributed by atoms with Gasteiger partial charge in [-0.25, -0.2) is 0 Å². The molecule has 0 N–H and O–H groups in total. The fourth-order valence-electron chi connectivity index (χ4n) is 2.36. The van der Waals surface area contributed by atoms with Crippen LogP contribution in [0.1, 0.15) is 29.3 Å². The monoisotopic (exact) mass is 327 g/mol. The summed E-state index contributed by atoms with van der Waals surface area (Å²) in [5.74, 6) is 1.91. The number of carbonyl (C=O) groups excluding carboxylic acids is 1. The molecule has 3 aromatic rings. The van der Waals surface area contributed by atoms with Gasteiger partial charge in [0.2, 0.25) is 11.7 Å². The molecule has 1 aromatic carbocycles. The zero-order valence-corrected chi connectivity index (χ0v) is 13.7. The minimum atomic E-state index is -0.307. The second kappa shape index (κ2) is 6.66. The van der Waals surface area contributed by atoms with Crippen LogP contribution < -0.4 is 4.74 Å². The van der Waals surface area contributed by atoms with Crippen LogP contribution in [0.3, 0.4) is 0 Å². The summed E-state index contributed by atoms with van der Waals surface area (Å²) in [6.07, 6.45) is 0.800. The molecule has 0 aliphatic heterocycles. The number of aromatic nitrogens is 3. The molecule has 0 aliphatic rings. The van der Waals surface area contributed by atoms with Gasteiger partial charge in [-0.15, -0.1) is 0 Å². The predicted octanol–water partition coefficient (Wildman–Crippen LogP) is 3.19. The molecule has 2 heterocycles. The summed E-state index contributed by atoms with van der Waals surface area (Å²) >= 11 is 0. The van der Waals surface area contributed by atoms with Crippen molar-refractivity contribution in [3.8, 4) is 17.1 Å². The molecule has 0 fully saturated rings. The second-order valence-corrected chi connectivity index (χ2v) is 5.44. The first-order chi connectivity index (χ1) is 11.5. The molecular weight excluding hydrogens is 310 g/mol. The van der Waals surface area contributed by atoms with E-state index in [0.717, 1.165) is 22.6 Å². The Hall–Kier alpha value is -2.96. The van der Waals surface area contributed by atoms with E-state index in [2.05, 4.69) is 15.3 Å². The quantitative estimate of drug-likeness (QED) is 0.525. The van der Waals surface area contributed by atoms with E-state index in [1.54, 1.807) is 31.2 Å². The number of hydrogen-bond acceptors (Lipinski definition) is 7. The van der Waals surface area contributed by atoms with Crippen molar-refractivity contribution in [1.82, 2.24) is 15.3 Å². The van der Waals surface area contributed by atoms with Crippen LogP contribution in [0.2, 0.25) is 0 Å². The summed E-state index contributed by atoms with van der Waals surface area (Å²) in [6, 6.07) is 6.96. The van der Waals surface area contributed by atoms with E-state index in [0.29, 0.717) is 23.9 Å². The lowest BCUT2D eigenvalue weighted by Crippen LogP contribution is -2.09. The van der Waals surface area contributed by atoms with Gasteiger partial charge >= 0.3 is 5.97 Å². The van der Waals surface area contributed by atoms with Crippen LogP contribution >= 0.6 is 0 Å². The highest BCUT2D eigenvalue weighted by Gasteiger charge is 2.13. The van der Waals surface area contributed by atoms with E-state index < -0.39 is 0 Å². The first-order valence-corrected chi connectivity index (χ1v) is 7.56. The first kappa shape index (κ1) is 15.9. The molecule has 0 unspecified atom stereocenters. The smallest absolute Gasteiger partial charge is 0.311 e. The Labute approximate surface area is 138 Å². The Bertz CT molecular complexity index is 830. The Morgan fingerprint density at radius 3 is 2.42 bits per heavy atom. The van der Waals surface area contributed by atoms with Gasteiger partial charge in [0.15, 0.2) is 0 Å². The van der Waals surface area contributed by atoms with Crippen LogP contribution in [0.25, 0.3) is 11.4 Å². The summed E-state index contributed by atoms with van der Waals surface area (Å²) < 4.78 is 15.4. The van der Waals surface area contributed by atoms with Gasteiger partial charge in [0.1, 0.15) is 11.5 Å². The number of esters is 1. The van der Waals surface area contributed by atoms with Gasteiger partial charge in [-0.2, -0.15) is 4.98 Å². The Morgan fingerprint density at radius 1 is 1.08 bits per heavy atom. The van der Waals surface area contributed by atoms with Crippen molar-refractivity contribution in [2.24, 2.45) is 0 Å². The minimum absolute atomic E-state index is 0.259. The maximum absolute atomic E-state index is 12.0. The van der Waals surface area contributed by atoms with Crippen molar-refractivity contribution >= 4 is 5.97 Å². The van der Waals surface area contributed by atoms with Gasteiger partial charge in [-0.3, -0.25) is 4.79 Å². The first-order valence-electron chi connectivity index (χ1n) is 7.56. The number of benzene rings is 1. The molecule has 124 valence electrons. The highest BCUT2D eigenvalue weighted by atomic mass is 16.5. The molecule has 0 bridgehead atoms. The lowest BCUT2D eigenvalue weighted by atomic mass is 10.1. The van der Waals surface area contributed by atoms with Gasteiger partial charge in [0.25, 0.3) is 0 Å². The number of carbonyl (C=O) groups is 1. The second-order valence-electron chi connectivity index (χ2n) is 5.44. The number of rotatable bonds is 5. The molecule has 7 nitrogen and oxygen atoms in total. The Kier molecular flexibility index (Phi) is 4.41. The molecule has 0 saturated heterocycles. The molecule has 7 heteroatoms. The maximum Gasteiger partial charge on any atom is 0.311 e. The van der Waals surface area contributed by atoms with E-state index in [1.165, 1.54) is 0 Å². The van der Waals surface area contributed by atoms with Crippen LogP contribution in [0.15, 0.2) is 33.3 Å². The molecular formula is C17H17N3O4. The predicted molar refractivity (Wildman–Crippen MR) is 84.4 cm³/mol. The van der Waals surface area contributed by atoms with Crippen molar-refractivity contribution in [1.29, 1.82) is 0 Å². The van der Waals surface area contributed by atoms with Crippen molar-refractivity contribution in [3.63, 3.8) is 0 Å². The summed E-state index contributed by atoms with van der Waals surface area (Å²) in [6.45, 7) is 5.42. The van der Waals surface area contributed by atoms with Gasteiger partial charge in [0.05, 0.1) is 12.1 Å². The Morgan fingerprint density at radius 2 is 1.83 bits per heavy atom. The van der Waals surface area contributed by atoms with E-state index in [4.69, 9.17) is 13.8 Å². The van der Waals surface area contributed by atoms with Crippen molar-refractivity contribution in [2.45, 2.75) is 33.6 Å². The lowest BCUT2D eigenvalue weighted by Gasteiger charge is -2.05. The van der Waals surface area contributed by atoms with E-state index in [1.807, 2.05) is 13.8 Å². The average Bonchev–Trinajstić information content (AvgIpc) is 3.13.